The quantitative estimate of drug-likeness (QED) is 0.282. The zero-order valence-electron chi connectivity index (χ0n) is 18.2. The van der Waals surface area contributed by atoms with Gasteiger partial charge in [-0.05, 0) is 26.2 Å². The fraction of sp³-hybridized carbons (Fsp3) is 0.688. The first-order valence-electron chi connectivity index (χ1n) is 9.47. The molecular weight excluding hydrogens is 508 g/mol. The third-order valence-corrected chi connectivity index (χ3v) is 6.22. The molecule has 1 aromatic heterocycles. The first kappa shape index (κ1) is 27.2. The predicted molar refractivity (Wildman–Crippen MR) is 112 cm³/mol. The topological polar surface area (TPSA) is 191 Å². The van der Waals surface area contributed by atoms with Crippen LogP contribution in [-0.2, 0) is 43.9 Å². The molecule has 0 N–H and O–H groups in total. The van der Waals surface area contributed by atoms with Gasteiger partial charge in [0.2, 0.25) is 15.8 Å². The van der Waals surface area contributed by atoms with Crippen molar-refractivity contribution in [1.29, 1.82) is 0 Å². The van der Waals surface area contributed by atoms with Crippen LogP contribution >= 0.6 is 0 Å². The van der Waals surface area contributed by atoms with Crippen molar-refractivity contribution in [2.45, 2.75) is 38.4 Å². The van der Waals surface area contributed by atoms with E-state index in [1.54, 1.807) is 0 Å². The molecule has 0 amide bonds. The van der Waals surface area contributed by atoms with E-state index in [2.05, 4.69) is 9.17 Å². The number of rotatable bonds is 9. The van der Waals surface area contributed by atoms with Crippen molar-refractivity contribution in [2.24, 2.45) is 0 Å². The first-order valence-corrected chi connectivity index (χ1v) is 15.0. The Morgan fingerprint density at radius 3 is 2.24 bits per heavy atom. The second kappa shape index (κ2) is 10.0. The van der Waals surface area contributed by atoms with Crippen LogP contribution in [0.15, 0.2) is 4.79 Å². The van der Waals surface area contributed by atoms with E-state index >= 15 is 0 Å². The Hall–Kier alpha value is -2.08. The molecule has 188 valence electrons. The van der Waals surface area contributed by atoms with Crippen LogP contribution in [0.2, 0.25) is 0 Å². The van der Waals surface area contributed by atoms with Gasteiger partial charge < -0.3 is 13.7 Å². The van der Waals surface area contributed by atoms with Gasteiger partial charge in [0.05, 0.1) is 38.1 Å². The monoisotopic (exact) mass is 532 g/mol. The Kier molecular flexibility index (Phi) is 8.27. The Balaban J connectivity index is 2.68. The average molecular weight is 533 g/mol. The molecule has 0 spiro atoms. The summed E-state index contributed by atoms with van der Waals surface area (Å²) in [4.78, 5) is 29.3. The van der Waals surface area contributed by atoms with Gasteiger partial charge in [-0.25, -0.2) is 18.2 Å². The Bertz CT molecular complexity index is 1280. The van der Waals surface area contributed by atoms with Crippen molar-refractivity contribution in [3.8, 4) is 5.75 Å². The summed E-state index contributed by atoms with van der Waals surface area (Å²) in [6, 6.07) is 0. The highest BCUT2D eigenvalue weighted by molar-refractivity contribution is 7.89. The molecule has 0 saturated carbocycles. The summed E-state index contributed by atoms with van der Waals surface area (Å²) in [5.41, 5.74) is -2.32. The number of nitrogens with zero attached hydrogens (tertiary/aromatic N) is 2. The summed E-state index contributed by atoms with van der Waals surface area (Å²) in [5, 5.41) is 0. The van der Waals surface area contributed by atoms with Crippen molar-refractivity contribution in [1.82, 2.24) is 8.96 Å². The zero-order valence-corrected chi connectivity index (χ0v) is 20.7. The molecule has 1 aliphatic rings. The van der Waals surface area contributed by atoms with Crippen LogP contribution in [0.5, 0.6) is 5.75 Å². The molecule has 2 atom stereocenters. The number of hydrogen-bond donors (Lipinski definition) is 0. The van der Waals surface area contributed by atoms with Crippen molar-refractivity contribution in [3.05, 3.63) is 21.9 Å². The summed E-state index contributed by atoms with van der Waals surface area (Å²) < 4.78 is 90.6. The molecule has 33 heavy (non-hydrogen) atoms. The minimum absolute atomic E-state index is 0.159. The van der Waals surface area contributed by atoms with Crippen molar-refractivity contribution in [3.63, 3.8) is 0 Å². The third kappa shape index (κ3) is 7.46. The van der Waals surface area contributed by atoms with Crippen LogP contribution in [-0.4, -0.2) is 78.3 Å². The summed E-state index contributed by atoms with van der Waals surface area (Å²) in [6.07, 6.45) is 1.09. The Morgan fingerprint density at radius 1 is 1.09 bits per heavy atom. The summed E-state index contributed by atoms with van der Waals surface area (Å²) in [5.74, 6) is -2.88. The molecular formula is C16H24N2O12S3. The second-order valence-corrected chi connectivity index (χ2v) is 12.2. The lowest BCUT2D eigenvalue weighted by atomic mass is 10.0. The summed E-state index contributed by atoms with van der Waals surface area (Å²) >= 11 is 0. The lowest BCUT2D eigenvalue weighted by molar-refractivity contribution is -0.0727. The molecule has 0 aliphatic carbocycles. The second-order valence-electron chi connectivity index (χ2n) is 7.15. The van der Waals surface area contributed by atoms with Gasteiger partial charge in [-0.15, -0.1) is 0 Å². The van der Waals surface area contributed by atoms with E-state index in [-0.39, 0.29) is 23.6 Å². The minimum atomic E-state index is -4.39. The molecule has 0 radical (unpaired) electrons. The van der Waals surface area contributed by atoms with Gasteiger partial charge in [0.15, 0.2) is 11.5 Å². The van der Waals surface area contributed by atoms with E-state index in [1.807, 2.05) is 0 Å². The van der Waals surface area contributed by atoms with Gasteiger partial charge in [0.25, 0.3) is 10.1 Å². The molecule has 2 rings (SSSR count). The third-order valence-electron chi connectivity index (χ3n) is 4.17. The fourth-order valence-corrected chi connectivity index (χ4v) is 4.74. The van der Waals surface area contributed by atoms with E-state index < -0.39 is 71.3 Å². The number of carbonyl (C=O) groups is 1. The van der Waals surface area contributed by atoms with Crippen molar-refractivity contribution >= 4 is 36.2 Å². The Labute approximate surface area is 191 Å². The van der Waals surface area contributed by atoms with Crippen molar-refractivity contribution in [2.75, 3.05) is 32.0 Å². The number of carbonyl (C=O) groups excluding carboxylic acids is 1. The lowest BCUT2D eigenvalue weighted by Gasteiger charge is -2.30. The average Bonchev–Trinajstić information content (AvgIpc) is 2.65. The van der Waals surface area contributed by atoms with E-state index in [4.69, 9.17) is 13.7 Å². The smallest absolute Gasteiger partial charge is 0.361 e. The van der Waals surface area contributed by atoms with Gasteiger partial charge in [0, 0.05) is 0 Å². The first-order chi connectivity index (χ1) is 15.0. The minimum Gasteiger partial charge on any atom is -0.461 e. The highest BCUT2D eigenvalue weighted by Gasteiger charge is 2.35. The maximum Gasteiger partial charge on any atom is 0.361 e. The van der Waals surface area contributed by atoms with E-state index in [0.29, 0.717) is 25.4 Å². The van der Waals surface area contributed by atoms with Crippen LogP contribution in [0.4, 0.5) is 0 Å². The largest absolute Gasteiger partial charge is 0.461 e. The number of aromatic nitrogens is 2. The zero-order chi connectivity index (χ0) is 25.2. The number of ether oxygens (including phenoxy) is 2. The molecule has 0 bridgehead atoms. The Morgan fingerprint density at radius 2 is 1.73 bits per heavy atom. The summed E-state index contributed by atoms with van der Waals surface area (Å²) in [7, 11) is -12.5. The number of hydrogen-bond acceptors (Lipinski definition) is 13. The molecule has 14 nitrogen and oxygen atoms in total. The van der Waals surface area contributed by atoms with E-state index in [9.17, 15) is 34.8 Å². The van der Waals surface area contributed by atoms with Crippen LogP contribution in [0.1, 0.15) is 48.6 Å². The maximum atomic E-state index is 13.0. The molecule has 1 aromatic rings. The van der Waals surface area contributed by atoms with Gasteiger partial charge in [-0.1, -0.05) is 0 Å². The highest BCUT2D eigenvalue weighted by Crippen LogP contribution is 2.32. The van der Waals surface area contributed by atoms with Gasteiger partial charge in [0.1, 0.15) is 6.10 Å². The van der Waals surface area contributed by atoms with Crippen LogP contribution < -0.4 is 9.74 Å². The van der Waals surface area contributed by atoms with Crippen LogP contribution in [0, 0.1) is 0 Å². The van der Waals surface area contributed by atoms with Gasteiger partial charge >= 0.3 is 21.6 Å². The standard InChI is InChI=1S/C16H24N2O12S3/c1-5-27-16(20)12-13(30-33(4,25)26)15(19)18(31(2,21)22)14(17-12)11-8-6-7-10(29-11)9-28-32(3,23)24/h10-11H,5-9H2,1-4H3/t10-,11+/m0/s1. The molecule has 0 aromatic carbocycles. The van der Waals surface area contributed by atoms with Gasteiger partial charge in [-0.2, -0.15) is 20.8 Å². The maximum absolute atomic E-state index is 13.0. The predicted octanol–water partition coefficient (Wildman–Crippen LogP) is -0.847. The van der Waals surface area contributed by atoms with Gasteiger partial charge in [-0.3, -0.25) is 8.98 Å². The normalized spacial score (nSPS) is 19.8. The molecule has 0 unspecified atom stereocenters. The molecule has 17 heteroatoms. The number of esters is 1. The summed E-state index contributed by atoms with van der Waals surface area (Å²) in [6.45, 7) is 0.927. The van der Waals surface area contributed by atoms with E-state index in [0.717, 1.165) is 6.26 Å². The molecule has 2 heterocycles. The highest BCUT2D eigenvalue weighted by atomic mass is 32.2. The van der Waals surface area contributed by atoms with Crippen LogP contribution in [0.3, 0.4) is 0 Å². The fourth-order valence-electron chi connectivity index (χ4n) is 3.01. The SMILES string of the molecule is CCOC(=O)c1nc([C@H]2CCC[C@@H](COS(C)(=O)=O)O2)n(S(C)(=O)=O)c(=O)c1OS(C)(=O)=O. The lowest BCUT2D eigenvalue weighted by Crippen LogP contribution is -2.38. The van der Waals surface area contributed by atoms with E-state index in [1.165, 1.54) is 6.92 Å². The molecule has 1 fully saturated rings. The molecule has 1 saturated heterocycles. The molecule has 1 aliphatic heterocycles. The van der Waals surface area contributed by atoms with Crippen molar-refractivity contribution < 1.29 is 47.9 Å². The van der Waals surface area contributed by atoms with Crippen LogP contribution in [0.25, 0.3) is 0 Å².